The second-order valence-corrected chi connectivity index (χ2v) is 11.5. The summed E-state index contributed by atoms with van der Waals surface area (Å²) in [6.45, 7) is 0. The van der Waals surface area contributed by atoms with E-state index in [4.69, 9.17) is 5.73 Å². The van der Waals surface area contributed by atoms with E-state index in [0.29, 0.717) is 12.8 Å². The highest BCUT2D eigenvalue weighted by Crippen LogP contribution is 2.32. The molecule has 2 atom stereocenters. The summed E-state index contributed by atoms with van der Waals surface area (Å²) in [6, 6.07) is 13.1. The molecule has 0 aromatic heterocycles. The summed E-state index contributed by atoms with van der Waals surface area (Å²) in [6.07, 6.45) is 11.4. The first-order chi connectivity index (χ1) is 17.4. The number of nitrogens with one attached hydrogen (secondary N) is 1. The van der Waals surface area contributed by atoms with Gasteiger partial charge in [0.2, 0.25) is 5.91 Å². The van der Waals surface area contributed by atoms with Crippen LogP contribution in [0.3, 0.4) is 0 Å². The molecule has 0 radical (unpaired) electrons. The highest BCUT2D eigenvalue weighted by Gasteiger charge is 2.21. The Labute approximate surface area is 232 Å². The molecule has 0 saturated carbocycles. The molecule has 7 heteroatoms. The number of ether oxygens (including phenoxy) is 1. The van der Waals surface area contributed by atoms with Crippen molar-refractivity contribution in [3.8, 4) is 0 Å². The Morgan fingerprint density at radius 3 is 2.14 bits per heavy atom. The molecule has 2 aromatic carbocycles. The molecule has 0 bridgehead atoms. The second-order valence-electron chi connectivity index (χ2n) is 9.69. The molecule has 2 unspecified atom stereocenters. The molecule has 2 aromatic rings. The van der Waals surface area contributed by atoms with Gasteiger partial charge in [-0.25, -0.2) is 0 Å². The Morgan fingerprint density at radius 2 is 1.47 bits per heavy atom. The predicted octanol–water partition coefficient (Wildman–Crippen LogP) is 7.24. The van der Waals surface area contributed by atoms with Crippen molar-refractivity contribution < 1.29 is 14.3 Å². The van der Waals surface area contributed by atoms with Crippen LogP contribution >= 0.6 is 31.9 Å². The lowest BCUT2D eigenvalue weighted by atomic mass is 9.87. The fourth-order valence-corrected chi connectivity index (χ4v) is 5.85. The molecule has 0 spiro atoms. The van der Waals surface area contributed by atoms with Crippen LogP contribution in [0, 0.1) is 0 Å². The van der Waals surface area contributed by atoms with Gasteiger partial charge in [-0.2, -0.15) is 0 Å². The maximum absolute atomic E-state index is 12.2. The third-order valence-corrected chi connectivity index (χ3v) is 7.97. The van der Waals surface area contributed by atoms with Gasteiger partial charge in [0, 0.05) is 27.8 Å². The number of amides is 1. The number of esters is 1. The van der Waals surface area contributed by atoms with Crippen molar-refractivity contribution in [2.45, 2.75) is 89.1 Å². The van der Waals surface area contributed by atoms with E-state index >= 15 is 0 Å². The lowest BCUT2D eigenvalue weighted by Crippen LogP contribution is -2.30. The predicted molar refractivity (Wildman–Crippen MR) is 152 cm³/mol. The highest BCUT2D eigenvalue weighted by molar-refractivity contribution is 9.10. The number of aryl methyl sites for hydroxylation is 2. The summed E-state index contributed by atoms with van der Waals surface area (Å²) in [4.78, 5) is 23.2. The first kappa shape index (κ1) is 28.9. The van der Waals surface area contributed by atoms with Crippen molar-refractivity contribution in [3.05, 3.63) is 67.6 Å². The van der Waals surface area contributed by atoms with E-state index in [-0.39, 0.29) is 24.0 Å². The van der Waals surface area contributed by atoms with Crippen molar-refractivity contribution >= 4 is 43.7 Å². The molecule has 2 aliphatic rings. The van der Waals surface area contributed by atoms with Gasteiger partial charge >= 0.3 is 5.97 Å². The van der Waals surface area contributed by atoms with E-state index < -0.39 is 0 Å². The quantitative estimate of drug-likeness (QED) is 0.240. The lowest BCUT2D eigenvalue weighted by molar-refractivity contribution is -0.140. The van der Waals surface area contributed by atoms with Crippen LogP contribution in [-0.2, 0) is 27.2 Å². The lowest BCUT2D eigenvalue weighted by Gasteiger charge is -2.26. The zero-order valence-corrected chi connectivity index (χ0v) is 24.3. The van der Waals surface area contributed by atoms with E-state index in [1.807, 2.05) is 6.07 Å². The van der Waals surface area contributed by atoms with E-state index in [2.05, 4.69) is 72.2 Å². The van der Waals surface area contributed by atoms with Crippen LogP contribution in [0.15, 0.2) is 45.3 Å². The van der Waals surface area contributed by atoms with Crippen molar-refractivity contribution in [3.63, 3.8) is 0 Å². The van der Waals surface area contributed by atoms with Crippen molar-refractivity contribution in [1.82, 2.24) is 5.32 Å². The van der Waals surface area contributed by atoms with Gasteiger partial charge in [0.1, 0.15) is 0 Å². The first-order valence-electron chi connectivity index (χ1n) is 13.1. The number of carbonyl (C=O) groups is 2. The Hall–Kier alpha value is -1.70. The average Bonchev–Trinajstić information content (AvgIpc) is 2.86. The maximum atomic E-state index is 12.2. The number of benzene rings is 2. The van der Waals surface area contributed by atoms with Crippen molar-refractivity contribution in [1.29, 1.82) is 0 Å². The van der Waals surface area contributed by atoms with E-state index in [1.54, 1.807) is 0 Å². The Balaban J connectivity index is 0.000000249. The summed E-state index contributed by atoms with van der Waals surface area (Å²) < 4.78 is 6.87. The van der Waals surface area contributed by atoms with Crippen LogP contribution in [0.5, 0.6) is 0 Å². The molecule has 1 amide bonds. The van der Waals surface area contributed by atoms with Gasteiger partial charge in [-0.3, -0.25) is 9.59 Å². The van der Waals surface area contributed by atoms with Crippen LogP contribution in [0.4, 0.5) is 0 Å². The smallest absolute Gasteiger partial charge is 0.305 e. The summed E-state index contributed by atoms with van der Waals surface area (Å²) in [5.41, 5.74) is 11.3. The van der Waals surface area contributed by atoms with E-state index in [0.717, 1.165) is 60.3 Å². The minimum atomic E-state index is -0.157. The topological polar surface area (TPSA) is 81.4 Å². The van der Waals surface area contributed by atoms with Gasteiger partial charge in [0.25, 0.3) is 0 Å². The summed E-state index contributed by atoms with van der Waals surface area (Å²) in [5, 5.41) is 3.18. The molecule has 36 heavy (non-hydrogen) atoms. The Bertz CT molecular complexity index is 1030. The molecule has 3 N–H and O–H groups in total. The van der Waals surface area contributed by atoms with Crippen LogP contribution in [0.25, 0.3) is 0 Å². The van der Waals surface area contributed by atoms with Crippen molar-refractivity contribution in [2.75, 3.05) is 7.11 Å². The van der Waals surface area contributed by atoms with Gasteiger partial charge < -0.3 is 15.8 Å². The molecule has 5 nitrogen and oxygen atoms in total. The van der Waals surface area contributed by atoms with Crippen LogP contribution < -0.4 is 11.1 Å². The largest absolute Gasteiger partial charge is 0.469 e. The van der Waals surface area contributed by atoms with Crippen LogP contribution in [-0.4, -0.2) is 19.0 Å². The molecule has 0 aliphatic heterocycles. The Kier molecular flexibility index (Phi) is 11.9. The number of rotatable bonds is 8. The van der Waals surface area contributed by atoms with Gasteiger partial charge in [0.15, 0.2) is 0 Å². The van der Waals surface area contributed by atoms with E-state index in [9.17, 15) is 9.59 Å². The number of methoxy groups -OCH3 is 1. The average molecular weight is 622 g/mol. The summed E-state index contributed by atoms with van der Waals surface area (Å²) >= 11 is 6.98. The first-order valence-corrected chi connectivity index (χ1v) is 14.6. The van der Waals surface area contributed by atoms with Crippen LogP contribution in [0.1, 0.15) is 98.5 Å². The third-order valence-electron chi connectivity index (χ3n) is 6.98. The minimum absolute atomic E-state index is 0.128. The fourth-order valence-electron chi connectivity index (χ4n) is 5.03. The third kappa shape index (κ3) is 9.00. The SMILES string of the molecule is COC(=O)CCCCCCC(=O)NC1CCCc2cc(Br)ccc21.NC1CCCc2cc(Br)ccc21. The molecule has 196 valence electrons. The monoisotopic (exact) mass is 620 g/mol. The molecular weight excluding hydrogens is 584 g/mol. The molecular formula is C29H38Br2N2O3. The second kappa shape index (κ2) is 14.9. The summed E-state index contributed by atoms with van der Waals surface area (Å²) in [5.74, 6) is -0.0286. The van der Waals surface area contributed by atoms with Gasteiger partial charge in [-0.1, -0.05) is 56.8 Å². The Morgan fingerprint density at radius 1 is 0.889 bits per heavy atom. The van der Waals surface area contributed by atoms with Crippen molar-refractivity contribution in [2.24, 2.45) is 5.73 Å². The number of unbranched alkanes of at least 4 members (excludes halogenated alkanes) is 3. The maximum Gasteiger partial charge on any atom is 0.305 e. The number of hydrogen-bond acceptors (Lipinski definition) is 4. The molecule has 0 fully saturated rings. The summed E-state index contributed by atoms with van der Waals surface area (Å²) in [7, 11) is 1.41. The molecule has 0 saturated heterocycles. The van der Waals surface area contributed by atoms with E-state index in [1.165, 1.54) is 42.2 Å². The zero-order valence-electron chi connectivity index (χ0n) is 21.2. The molecule has 4 rings (SSSR count). The molecule has 2 aliphatic carbocycles. The van der Waals surface area contributed by atoms with Gasteiger partial charge in [-0.05, 0) is 97.9 Å². The van der Waals surface area contributed by atoms with Gasteiger partial charge in [-0.15, -0.1) is 0 Å². The van der Waals surface area contributed by atoms with Crippen LogP contribution in [0.2, 0.25) is 0 Å². The standard InChI is InChI=1S/C19H26BrNO3.C10H12BrN/c1-24-19(23)10-5-3-2-4-9-18(22)21-17-8-6-7-14-13-15(20)11-12-16(14)17;11-8-4-5-9-7(6-8)2-1-3-10(9)12/h11-13,17H,2-10H2,1H3,(H,21,22);4-6,10H,1-3,12H2. The number of hydrogen-bond donors (Lipinski definition) is 2. The number of fused-ring (bicyclic) bond motifs is 2. The number of halogens is 2. The number of carbonyl (C=O) groups excluding carboxylic acids is 2. The van der Waals surface area contributed by atoms with Gasteiger partial charge in [0.05, 0.1) is 13.2 Å². The minimum Gasteiger partial charge on any atom is -0.469 e. The zero-order chi connectivity index (χ0) is 25.9. The normalized spacial score (nSPS) is 18.2. The highest BCUT2D eigenvalue weighted by atomic mass is 79.9. The molecule has 0 heterocycles. The number of nitrogens with two attached hydrogens (primary N) is 1. The fraction of sp³-hybridized carbons (Fsp3) is 0.517.